The fourth-order valence-electron chi connectivity index (χ4n) is 3.64. The smallest absolute Gasteiger partial charge is 0.119 e. The molecule has 30 heavy (non-hydrogen) atoms. The van der Waals surface area contributed by atoms with Gasteiger partial charge in [0.05, 0.1) is 27.3 Å². The summed E-state index contributed by atoms with van der Waals surface area (Å²) in [7, 11) is 4.54. The van der Waals surface area contributed by atoms with Crippen molar-refractivity contribution < 1.29 is 14.0 Å². The molecular weight excluding hydrogens is 370 g/mol. The molecule has 0 amide bonds. The first-order chi connectivity index (χ1) is 14.6. The molecule has 166 valence electrons. The van der Waals surface area contributed by atoms with Gasteiger partial charge in [0, 0.05) is 5.56 Å². The molecule has 0 aliphatic carbocycles. The molecule has 0 saturated carbocycles. The van der Waals surface area contributed by atoms with Gasteiger partial charge < -0.3 is 14.0 Å². The Hall–Kier alpha value is -1.84. The Balaban J connectivity index is 1.58. The summed E-state index contributed by atoms with van der Waals surface area (Å²) >= 11 is 0. The van der Waals surface area contributed by atoms with Crippen molar-refractivity contribution in [3.63, 3.8) is 0 Å². The average molecular weight is 413 g/mol. The zero-order chi connectivity index (χ0) is 21.5. The van der Waals surface area contributed by atoms with E-state index in [0.717, 1.165) is 29.9 Å². The van der Waals surface area contributed by atoms with Gasteiger partial charge in [0.1, 0.15) is 25.4 Å². The fourth-order valence-corrected chi connectivity index (χ4v) is 3.64. The number of unbranched alkanes of at least 4 members (excludes halogenated alkanes) is 5. The maximum Gasteiger partial charge on any atom is 0.119 e. The number of hydrogen-bond acceptors (Lipinski definition) is 2. The van der Waals surface area contributed by atoms with Crippen LogP contribution in [0.1, 0.15) is 56.6 Å². The SMILES string of the molecule is CCCCCCCCc1ccc(C[N+](C)(C)CCOCCOc2ccccc2)cc1. The fraction of sp³-hybridized carbons (Fsp3) is 0.556. The Morgan fingerprint density at radius 1 is 0.700 bits per heavy atom. The molecule has 0 aromatic heterocycles. The number of benzene rings is 2. The van der Waals surface area contributed by atoms with Crippen molar-refractivity contribution in [3.8, 4) is 5.75 Å². The molecule has 0 radical (unpaired) electrons. The number of ether oxygens (including phenoxy) is 2. The highest BCUT2D eigenvalue weighted by atomic mass is 16.5. The van der Waals surface area contributed by atoms with E-state index in [0.29, 0.717) is 13.2 Å². The van der Waals surface area contributed by atoms with Crippen molar-refractivity contribution in [2.75, 3.05) is 40.5 Å². The third-order valence-electron chi connectivity index (χ3n) is 5.53. The summed E-state index contributed by atoms with van der Waals surface area (Å²) in [6.07, 6.45) is 9.38. The molecule has 2 rings (SSSR count). The lowest BCUT2D eigenvalue weighted by Gasteiger charge is -2.29. The number of quaternary nitrogens is 1. The van der Waals surface area contributed by atoms with Gasteiger partial charge in [-0.1, -0.05) is 81.5 Å². The molecule has 0 aliphatic heterocycles. The predicted molar refractivity (Wildman–Crippen MR) is 127 cm³/mol. The highest BCUT2D eigenvalue weighted by Gasteiger charge is 2.15. The van der Waals surface area contributed by atoms with Crippen molar-refractivity contribution in [1.82, 2.24) is 0 Å². The van der Waals surface area contributed by atoms with E-state index < -0.39 is 0 Å². The normalized spacial score (nSPS) is 11.6. The lowest BCUT2D eigenvalue weighted by atomic mass is 10.0. The van der Waals surface area contributed by atoms with Crippen LogP contribution in [-0.4, -0.2) is 44.9 Å². The van der Waals surface area contributed by atoms with Gasteiger partial charge in [0.15, 0.2) is 0 Å². The molecule has 0 saturated heterocycles. The molecule has 0 aliphatic rings. The van der Waals surface area contributed by atoms with E-state index in [1.165, 1.54) is 56.1 Å². The van der Waals surface area contributed by atoms with E-state index in [1.54, 1.807) is 0 Å². The lowest BCUT2D eigenvalue weighted by Crippen LogP contribution is -2.41. The summed E-state index contributed by atoms with van der Waals surface area (Å²) in [6.45, 7) is 6.27. The molecule has 0 atom stereocenters. The minimum Gasteiger partial charge on any atom is -0.491 e. The van der Waals surface area contributed by atoms with Crippen molar-refractivity contribution in [2.24, 2.45) is 0 Å². The molecule has 0 N–H and O–H groups in total. The van der Waals surface area contributed by atoms with Gasteiger partial charge in [-0.05, 0) is 30.5 Å². The monoisotopic (exact) mass is 412 g/mol. The maximum absolute atomic E-state index is 5.79. The molecule has 2 aromatic carbocycles. The number of hydrogen-bond donors (Lipinski definition) is 0. The van der Waals surface area contributed by atoms with Gasteiger partial charge in [0.2, 0.25) is 0 Å². The number of aryl methyl sites for hydroxylation is 1. The first-order valence-corrected chi connectivity index (χ1v) is 11.7. The predicted octanol–water partition coefficient (Wildman–Crippen LogP) is 6.26. The van der Waals surface area contributed by atoms with Crippen LogP contribution in [0.15, 0.2) is 54.6 Å². The van der Waals surface area contributed by atoms with E-state index in [4.69, 9.17) is 9.47 Å². The molecule has 3 heteroatoms. The lowest BCUT2D eigenvalue weighted by molar-refractivity contribution is -0.904. The quantitative estimate of drug-likeness (QED) is 0.239. The van der Waals surface area contributed by atoms with Crippen LogP contribution in [0, 0.1) is 0 Å². The highest BCUT2D eigenvalue weighted by Crippen LogP contribution is 2.14. The molecule has 3 nitrogen and oxygen atoms in total. The third kappa shape index (κ3) is 10.8. The average Bonchev–Trinajstić information content (AvgIpc) is 2.75. The molecular formula is C27H42NO2+. The van der Waals surface area contributed by atoms with E-state index in [-0.39, 0.29) is 0 Å². The maximum atomic E-state index is 5.79. The summed E-state index contributed by atoms with van der Waals surface area (Å²) in [4.78, 5) is 0. The minimum atomic E-state index is 0.595. The van der Waals surface area contributed by atoms with Gasteiger partial charge in [-0.2, -0.15) is 0 Å². The second-order valence-electron chi connectivity index (χ2n) is 8.93. The number of para-hydroxylation sites is 1. The van der Waals surface area contributed by atoms with Crippen LogP contribution in [-0.2, 0) is 17.7 Å². The van der Waals surface area contributed by atoms with Crippen LogP contribution in [0.2, 0.25) is 0 Å². The minimum absolute atomic E-state index is 0.595. The summed E-state index contributed by atoms with van der Waals surface area (Å²) in [6, 6.07) is 19.2. The Bertz CT molecular complexity index is 667. The second-order valence-corrected chi connectivity index (χ2v) is 8.93. The number of nitrogens with zero attached hydrogens (tertiary/aromatic N) is 1. The summed E-state index contributed by atoms with van der Waals surface area (Å²) in [5.41, 5.74) is 2.88. The van der Waals surface area contributed by atoms with Crippen LogP contribution in [0.4, 0.5) is 0 Å². The van der Waals surface area contributed by atoms with Gasteiger partial charge in [-0.3, -0.25) is 0 Å². The van der Waals surface area contributed by atoms with E-state index in [1.807, 2.05) is 30.3 Å². The molecule has 0 heterocycles. The van der Waals surface area contributed by atoms with Crippen LogP contribution >= 0.6 is 0 Å². The van der Waals surface area contributed by atoms with Crippen LogP contribution in [0.3, 0.4) is 0 Å². The molecule has 0 unspecified atom stereocenters. The van der Waals surface area contributed by atoms with E-state index >= 15 is 0 Å². The van der Waals surface area contributed by atoms with Crippen LogP contribution < -0.4 is 4.74 Å². The van der Waals surface area contributed by atoms with Crippen molar-refractivity contribution >= 4 is 0 Å². The third-order valence-corrected chi connectivity index (χ3v) is 5.53. The topological polar surface area (TPSA) is 18.5 Å². The first-order valence-electron chi connectivity index (χ1n) is 11.7. The Morgan fingerprint density at radius 3 is 2.10 bits per heavy atom. The van der Waals surface area contributed by atoms with Crippen LogP contribution in [0.25, 0.3) is 0 Å². The standard InChI is InChI=1S/C27H42NO2/c1-4-5-6-7-8-10-13-25-16-18-26(19-17-25)24-28(2,3)20-21-29-22-23-30-27-14-11-9-12-15-27/h9,11-12,14-19H,4-8,10,13,20-24H2,1-3H3/q+1. The molecule has 0 bridgehead atoms. The largest absolute Gasteiger partial charge is 0.491 e. The van der Waals surface area contributed by atoms with Gasteiger partial charge in [0.25, 0.3) is 0 Å². The van der Waals surface area contributed by atoms with Crippen molar-refractivity contribution in [3.05, 3.63) is 65.7 Å². The van der Waals surface area contributed by atoms with Gasteiger partial charge >= 0.3 is 0 Å². The first kappa shape index (κ1) is 24.4. The van der Waals surface area contributed by atoms with Gasteiger partial charge in [-0.25, -0.2) is 0 Å². The van der Waals surface area contributed by atoms with Crippen molar-refractivity contribution in [2.45, 2.75) is 58.4 Å². The van der Waals surface area contributed by atoms with Crippen LogP contribution in [0.5, 0.6) is 5.75 Å². The number of rotatable bonds is 16. The number of likely N-dealkylation sites (N-methyl/N-ethyl adjacent to an activating group) is 1. The molecule has 0 fully saturated rings. The summed E-state index contributed by atoms with van der Waals surface area (Å²) < 4.78 is 12.4. The Morgan fingerprint density at radius 2 is 1.37 bits per heavy atom. The molecule has 2 aromatic rings. The zero-order valence-corrected chi connectivity index (χ0v) is 19.4. The van der Waals surface area contributed by atoms with E-state index in [9.17, 15) is 0 Å². The Labute approximate surface area is 184 Å². The summed E-state index contributed by atoms with van der Waals surface area (Å²) in [5.74, 6) is 0.900. The zero-order valence-electron chi connectivity index (χ0n) is 19.4. The van der Waals surface area contributed by atoms with Crippen molar-refractivity contribution in [1.29, 1.82) is 0 Å². The summed E-state index contributed by atoms with van der Waals surface area (Å²) in [5, 5.41) is 0. The Kier molecular flexibility index (Phi) is 11.6. The molecule has 0 spiro atoms. The van der Waals surface area contributed by atoms with Gasteiger partial charge in [-0.15, -0.1) is 0 Å². The second kappa shape index (κ2) is 14.2. The van der Waals surface area contributed by atoms with E-state index in [2.05, 4.69) is 45.3 Å². The highest BCUT2D eigenvalue weighted by molar-refractivity contribution is 5.22.